The molecule has 1 amide bonds. The number of nitrogens with one attached hydrogen (secondary N) is 1. The van der Waals surface area contributed by atoms with Crippen LogP contribution in [0.25, 0.3) is 0 Å². The maximum Gasteiger partial charge on any atom is 0.416 e. The first kappa shape index (κ1) is 18.6. The minimum absolute atomic E-state index is 0.0264. The van der Waals surface area contributed by atoms with E-state index in [1.165, 1.54) is 41.7 Å². The Kier molecular flexibility index (Phi) is 5.20. The molecule has 1 aromatic carbocycles. The highest BCUT2D eigenvalue weighted by Gasteiger charge is 2.30. The van der Waals surface area contributed by atoms with E-state index < -0.39 is 17.6 Å². The van der Waals surface area contributed by atoms with Crippen molar-refractivity contribution in [3.8, 4) is 0 Å². The first-order valence-electron chi connectivity index (χ1n) is 8.03. The Bertz CT molecular complexity index is 885. The SMILES string of the molecule is O=C1CN=CC=C1N1CC(C(=O)NCc2cccc(C(F)(F)F)c2)=CC=N1. The lowest BCUT2D eigenvalue weighted by Crippen LogP contribution is -2.35. The number of ketones is 1. The number of hydrogen-bond acceptors (Lipinski definition) is 5. The number of hydrogen-bond donors (Lipinski definition) is 1. The number of carbonyl (C=O) groups is 2. The Labute approximate surface area is 152 Å². The lowest BCUT2D eigenvalue weighted by atomic mass is 10.1. The lowest BCUT2D eigenvalue weighted by Gasteiger charge is -2.25. The highest BCUT2D eigenvalue weighted by atomic mass is 19.4. The number of benzene rings is 1. The summed E-state index contributed by atoms with van der Waals surface area (Å²) in [6.45, 7) is 0.0561. The van der Waals surface area contributed by atoms with Gasteiger partial charge in [0.05, 0.1) is 12.1 Å². The van der Waals surface area contributed by atoms with Gasteiger partial charge < -0.3 is 5.32 Å². The van der Waals surface area contributed by atoms with Crippen LogP contribution in [0.2, 0.25) is 0 Å². The van der Waals surface area contributed by atoms with Crippen LogP contribution in [0.1, 0.15) is 11.1 Å². The molecule has 9 heteroatoms. The topological polar surface area (TPSA) is 74.1 Å². The Morgan fingerprint density at radius 2 is 2.04 bits per heavy atom. The highest BCUT2D eigenvalue weighted by Crippen LogP contribution is 2.29. The zero-order valence-electron chi connectivity index (χ0n) is 14.0. The summed E-state index contributed by atoms with van der Waals surface area (Å²) in [6, 6.07) is 4.76. The fourth-order valence-electron chi connectivity index (χ4n) is 2.57. The summed E-state index contributed by atoms with van der Waals surface area (Å²) < 4.78 is 38.3. The standard InChI is InChI=1S/C18H15F3N4O2/c19-18(20,21)14-3-1-2-12(8-14)9-23-17(27)13-4-7-24-25(11-13)15-5-6-22-10-16(15)26/h1-8H,9-11H2,(H,23,27). The molecule has 1 aromatic rings. The first-order chi connectivity index (χ1) is 12.8. The average molecular weight is 376 g/mol. The van der Waals surface area contributed by atoms with Crippen molar-refractivity contribution in [1.29, 1.82) is 0 Å². The molecule has 0 saturated heterocycles. The monoisotopic (exact) mass is 376 g/mol. The molecule has 0 saturated carbocycles. The van der Waals surface area contributed by atoms with Crippen molar-refractivity contribution in [3.63, 3.8) is 0 Å². The number of Topliss-reactive ketones (excluding diaryl/α,β-unsaturated/α-hetero) is 1. The van der Waals surface area contributed by atoms with Gasteiger partial charge in [0.2, 0.25) is 11.7 Å². The number of nitrogens with zero attached hydrogens (tertiary/aromatic N) is 3. The molecule has 2 aliphatic heterocycles. The van der Waals surface area contributed by atoms with Gasteiger partial charge in [0, 0.05) is 24.5 Å². The summed E-state index contributed by atoms with van der Waals surface area (Å²) in [6.07, 6.45) is 1.47. The molecule has 3 rings (SSSR count). The number of amides is 1. The van der Waals surface area contributed by atoms with Gasteiger partial charge >= 0.3 is 6.18 Å². The molecule has 2 aliphatic rings. The summed E-state index contributed by atoms with van der Waals surface area (Å²) in [4.78, 5) is 28.1. The summed E-state index contributed by atoms with van der Waals surface area (Å²) in [5, 5.41) is 8.05. The fraction of sp³-hybridized carbons (Fsp3) is 0.222. The summed E-state index contributed by atoms with van der Waals surface area (Å²) in [5.74, 6) is -0.652. The molecular weight excluding hydrogens is 361 g/mol. The third-order valence-electron chi connectivity index (χ3n) is 3.94. The number of halogens is 3. The fourth-order valence-corrected chi connectivity index (χ4v) is 2.57. The zero-order chi connectivity index (χ0) is 19.4. The number of dihydropyridines is 1. The molecule has 2 heterocycles. The van der Waals surface area contributed by atoms with Crippen LogP contribution in [0.15, 0.2) is 57.8 Å². The lowest BCUT2D eigenvalue weighted by molar-refractivity contribution is -0.137. The van der Waals surface area contributed by atoms with Crippen molar-refractivity contribution < 1.29 is 22.8 Å². The largest absolute Gasteiger partial charge is 0.416 e. The third-order valence-corrected chi connectivity index (χ3v) is 3.94. The van der Waals surface area contributed by atoms with E-state index >= 15 is 0 Å². The van der Waals surface area contributed by atoms with Crippen LogP contribution >= 0.6 is 0 Å². The highest BCUT2D eigenvalue weighted by molar-refractivity contribution is 6.04. The van der Waals surface area contributed by atoms with Gasteiger partial charge in [0.25, 0.3) is 0 Å². The first-order valence-corrected chi connectivity index (χ1v) is 8.03. The van der Waals surface area contributed by atoms with E-state index in [1.807, 2.05) is 0 Å². The number of alkyl halides is 3. The molecular formula is C18H15F3N4O2. The van der Waals surface area contributed by atoms with Crippen LogP contribution < -0.4 is 5.32 Å². The van der Waals surface area contributed by atoms with Gasteiger partial charge in [-0.1, -0.05) is 12.1 Å². The van der Waals surface area contributed by atoms with Gasteiger partial charge in [-0.25, -0.2) is 0 Å². The Morgan fingerprint density at radius 3 is 2.78 bits per heavy atom. The van der Waals surface area contributed by atoms with Crippen molar-refractivity contribution in [1.82, 2.24) is 10.3 Å². The molecule has 1 N–H and O–H groups in total. The maximum absolute atomic E-state index is 12.8. The van der Waals surface area contributed by atoms with Gasteiger partial charge in [-0.15, -0.1) is 0 Å². The molecule has 0 radical (unpaired) electrons. The molecule has 0 atom stereocenters. The molecule has 0 aliphatic carbocycles. The molecule has 0 fully saturated rings. The van der Waals surface area contributed by atoms with Gasteiger partial charge in [0.1, 0.15) is 12.2 Å². The second-order valence-corrected chi connectivity index (χ2v) is 5.86. The van der Waals surface area contributed by atoms with Crippen LogP contribution in [-0.4, -0.2) is 42.2 Å². The Hall–Kier alpha value is -3.23. The molecule has 0 bridgehead atoms. The van der Waals surface area contributed by atoms with E-state index in [0.717, 1.165) is 12.1 Å². The number of carbonyl (C=O) groups excluding carboxylic acids is 2. The molecule has 0 aromatic heterocycles. The van der Waals surface area contributed by atoms with Crippen molar-refractivity contribution in [3.05, 3.63) is 58.8 Å². The Morgan fingerprint density at radius 1 is 1.22 bits per heavy atom. The predicted molar refractivity (Wildman–Crippen MR) is 93.0 cm³/mol. The van der Waals surface area contributed by atoms with Gasteiger partial charge in [-0.05, 0) is 29.8 Å². The summed E-state index contributed by atoms with van der Waals surface area (Å²) in [5.41, 5.74) is 0.237. The third kappa shape index (κ3) is 4.49. The molecule has 140 valence electrons. The van der Waals surface area contributed by atoms with Crippen molar-refractivity contribution >= 4 is 24.1 Å². The molecule has 0 spiro atoms. The summed E-state index contributed by atoms with van der Waals surface area (Å²) in [7, 11) is 0. The minimum atomic E-state index is -4.44. The van der Waals surface area contributed by atoms with Crippen LogP contribution in [0.5, 0.6) is 0 Å². The summed E-state index contributed by atoms with van der Waals surface area (Å²) >= 11 is 0. The minimum Gasteiger partial charge on any atom is -0.348 e. The van der Waals surface area contributed by atoms with Crippen LogP contribution in [0, 0.1) is 0 Å². The second-order valence-electron chi connectivity index (χ2n) is 5.86. The number of hydrazone groups is 1. The second kappa shape index (κ2) is 7.56. The average Bonchev–Trinajstić information content (AvgIpc) is 2.66. The smallest absolute Gasteiger partial charge is 0.348 e. The van der Waals surface area contributed by atoms with Crippen molar-refractivity contribution in [2.24, 2.45) is 10.1 Å². The van der Waals surface area contributed by atoms with E-state index in [-0.39, 0.29) is 25.4 Å². The molecule has 0 unspecified atom stereocenters. The normalized spacial score (nSPS) is 16.9. The number of rotatable bonds is 4. The van der Waals surface area contributed by atoms with E-state index in [4.69, 9.17) is 0 Å². The maximum atomic E-state index is 12.8. The van der Waals surface area contributed by atoms with Gasteiger partial charge in [0.15, 0.2) is 0 Å². The Balaban J connectivity index is 1.63. The predicted octanol–water partition coefficient (Wildman–Crippen LogP) is 2.09. The van der Waals surface area contributed by atoms with Crippen LogP contribution in [-0.2, 0) is 22.3 Å². The zero-order valence-corrected chi connectivity index (χ0v) is 14.0. The number of aliphatic imine (C=N–C) groups is 1. The van der Waals surface area contributed by atoms with Gasteiger partial charge in [-0.3, -0.25) is 19.6 Å². The van der Waals surface area contributed by atoms with Crippen LogP contribution in [0.4, 0.5) is 13.2 Å². The quantitative estimate of drug-likeness (QED) is 0.875. The van der Waals surface area contributed by atoms with E-state index in [0.29, 0.717) is 16.8 Å². The number of allylic oxidation sites excluding steroid dienone is 2. The van der Waals surface area contributed by atoms with Crippen LogP contribution in [0.3, 0.4) is 0 Å². The van der Waals surface area contributed by atoms with Crippen molar-refractivity contribution in [2.75, 3.05) is 13.1 Å². The van der Waals surface area contributed by atoms with E-state index in [1.54, 1.807) is 0 Å². The van der Waals surface area contributed by atoms with E-state index in [9.17, 15) is 22.8 Å². The molecule has 6 nitrogen and oxygen atoms in total. The van der Waals surface area contributed by atoms with E-state index in [2.05, 4.69) is 15.4 Å². The molecule has 27 heavy (non-hydrogen) atoms. The van der Waals surface area contributed by atoms with Gasteiger partial charge in [-0.2, -0.15) is 18.3 Å². The van der Waals surface area contributed by atoms with Crippen molar-refractivity contribution in [2.45, 2.75) is 12.7 Å².